The first-order valence-electron chi connectivity index (χ1n) is 6.74. The standard InChI is InChI=1S/C13H26F3N/c1-4-7-8-11(5-2)12(17-6-3)9-10-13(14,15)16/h11-12,17H,4-10H2,1-3H3. The molecule has 0 rings (SSSR count). The highest BCUT2D eigenvalue weighted by Gasteiger charge is 2.30. The average molecular weight is 253 g/mol. The lowest BCUT2D eigenvalue weighted by molar-refractivity contribution is -0.137. The van der Waals surface area contributed by atoms with E-state index in [4.69, 9.17) is 0 Å². The van der Waals surface area contributed by atoms with Crippen molar-refractivity contribution in [2.45, 2.75) is 71.5 Å². The van der Waals surface area contributed by atoms with Crippen LogP contribution in [0.5, 0.6) is 0 Å². The molecule has 0 aromatic carbocycles. The van der Waals surface area contributed by atoms with Crippen LogP contribution < -0.4 is 5.32 Å². The molecule has 2 unspecified atom stereocenters. The third-order valence-corrected chi connectivity index (χ3v) is 3.23. The number of halogens is 3. The molecule has 0 bridgehead atoms. The van der Waals surface area contributed by atoms with E-state index in [1.807, 2.05) is 6.92 Å². The van der Waals surface area contributed by atoms with Gasteiger partial charge in [0.2, 0.25) is 0 Å². The molecule has 0 saturated carbocycles. The van der Waals surface area contributed by atoms with Gasteiger partial charge < -0.3 is 5.32 Å². The van der Waals surface area contributed by atoms with Gasteiger partial charge in [0.05, 0.1) is 0 Å². The largest absolute Gasteiger partial charge is 0.389 e. The zero-order valence-corrected chi connectivity index (χ0v) is 11.2. The van der Waals surface area contributed by atoms with Crippen LogP contribution in [0.15, 0.2) is 0 Å². The SMILES string of the molecule is CCCCC(CC)C(CCC(F)(F)F)NCC. The van der Waals surface area contributed by atoms with Gasteiger partial charge in [0.15, 0.2) is 0 Å². The molecule has 0 spiro atoms. The first-order chi connectivity index (χ1) is 7.94. The summed E-state index contributed by atoms with van der Waals surface area (Å²) in [6, 6.07) is 0.0122. The Morgan fingerprint density at radius 2 is 1.71 bits per heavy atom. The van der Waals surface area contributed by atoms with Crippen LogP contribution in [0, 0.1) is 5.92 Å². The van der Waals surface area contributed by atoms with Crippen LogP contribution >= 0.6 is 0 Å². The maximum Gasteiger partial charge on any atom is 0.389 e. The summed E-state index contributed by atoms with van der Waals surface area (Å²) in [7, 11) is 0. The number of rotatable bonds is 9. The van der Waals surface area contributed by atoms with Crippen LogP contribution in [0.1, 0.15) is 59.3 Å². The molecule has 0 heterocycles. The second kappa shape index (κ2) is 8.78. The maximum atomic E-state index is 12.2. The Labute approximate surface area is 103 Å². The van der Waals surface area contributed by atoms with Crippen molar-refractivity contribution in [2.75, 3.05) is 6.54 Å². The van der Waals surface area contributed by atoms with Crippen LogP contribution in [-0.2, 0) is 0 Å². The molecular formula is C13H26F3N. The van der Waals surface area contributed by atoms with E-state index in [0.29, 0.717) is 5.92 Å². The molecule has 0 aliphatic carbocycles. The monoisotopic (exact) mass is 253 g/mol. The molecule has 4 heteroatoms. The van der Waals surface area contributed by atoms with Crippen molar-refractivity contribution in [2.24, 2.45) is 5.92 Å². The Morgan fingerprint density at radius 3 is 2.12 bits per heavy atom. The minimum Gasteiger partial charge on any atom is -0.314 e. The predicted molar refractivity (Wildman–Crippen MR) is 66.1 cm³/mol. The van der Waals surface area contributed by atoms with Gasteiger partial charge in [-0.1, -0.05) is 40.0 Å². The lowest BCUT2D eigenvalue weighted by Gasteiger charge is -2.27. The molecular weight excluding hydrogens is 227 g/mol. The summed E-state index contributed by atoms with van der Waals surface area (Å²) < 4.78 is 36.7. The second-order valence-electron chi connectivity index (χ2n) is 4.63. The van der Waals surface area contributed by atoms with Gasteiger partial charge in [0, 0.05) is 12.5 Å². The first-order valence-corrected chi connectivity index (χ1v) is 6.74. The number of hydrogen-bond acceptors (Lipinski definition) is 1. The normalized spacial score (nSPS) is 15.9. The maximum absolute atomic E-state index is 12.2. The van der Waals surface area contributed by atoms with E-state index in [9.17, 15) is 13.2 Å². The van der Waals surface area contributed by atoms with E-state index in [2.05, 4.69) is 19.2 Å². The molecule has 0 amide bonds. The molecule has 0 fully saturated rings. The predicted octanol–water partition coefficient (Wildman–Crippen LogP) is 4.52. The second-order valence-corrected chi connectivity index (χ2v) is 4.63. The first kappa shape index (κ1) is 16.8. The smallest absolute Gasteiger partial charge is 0.314 e. The van der Waals surface area contributed by atoms with Crippen molar-refractivity contribution >= 4 is 0 Å². The van der Waals surface area contributed by atoms with Crippen molar-refractivity contribution in [1.82, 2.24) is 5.32 Å². The highest BCUT2D eigenvalue weighted by molar-refractivity contribution is 4.76. The van der Waals surface area contributed by atoms with Gasteiger partial charge in [-0.25, -0.2) is 0 Å². The zero-order valence-electron chi connectivity index (χ0n) is 11.2. The number of unbranched alkanes of at least 4 members (excludes halogenated alkanes) is 1. The third-order valence-electron chi connectivity index (χ3n) is 3.23. The van der Waals surface area contributed by atoms with E-state index in [1.165, 1.54) is 0 Å². The number of alkyl halides is 3. The van der Waals surface area contributed by atoms with Crippen molar-refractivity contribution in [3.05, 3.63) is 0 Å². The molecule has 17 heavy (non-hydrogen) atoms. The lowest BCUT2D eigenvalue weighted by Crippen LogP contribution is -2.37. The summed E-state index contributed by atoms with van der Waals surface area (Å²) in [4.78, 5) is 0. The van der Waals surface area contributed by atoms with Gasteiger partial charge in [0.25, 0.3) is 0 Å². The third kappa shape index (κ3) is 8.47. The van der Waals surface area contributed by atoms with E-state index < -0.39 is 12.6 Å². The number of nitrogens with one attached hydrogen (secondary N) is 1. The molecule has 2 atom stereocenters. The fraction of sp³-hybridized carbons (Fsp3) is 1.00. The van der Waals surface area contributed by atoms with Crippen LogP contribution in [-0.4, -0.2) is 18.8 Å². The molecule has 1 nitrogen and oxygen atoms in total. The van der Waals surface area contributed by atoms with Crippen molar-refractivity contribution < 1.29 is 13.2 Å². The van der Waals surface area contributed by atoms with Gasteiger partial charge in [-0.15, -0.1) is 0 Å². The van der Waals surface area contributed by atoms with Gasteiger partial charge in [-0.05, 0) is 25.3 Å². The Balaban J connectivity index is 4.25. The van der Waals surface area contributed by atoms with Gasteiger partial charge in [-0.2, -0.15) is 13.2 Å². The lowest BCUT2D eigenvalue weighted by atomic mass is 9.88. The fourth-order valence-electron chi connectivity index (χ4n) is 2.24. The van der Waals surface area contributed by atoms with Gasteiger partial charge >= 0.3 is 6.18 Å². The van der Waals surface area contributed by atoms with Crippen molar-refractivity contribution in [1.29, 1.82) is 0 Å². The van der Waals surface area contributed by atoms with E-state index in [0.717, 1.165) is 32.2 Å². The fourth-order valence-corrected chi connectivity index (χ4v) is 2.24. The summed E-state index contributed by atoms with van der Waals surface area (Å²) in [5, 5.41) is 3.22. The summed E-state index contributed by atoms with van der Waals surface area (Å²) >= 11 is 0. The molecule has 1 N–H and O–H groups in total. The highest BCUT2D eigenvalue weighted by Crippen LogP contribution is 2.26. The molecule has 0 aromatic rings. The Hall–Kier alpha value is -0.250. The average Bonchev–Trinajstić information content (AvgIpc) is 2.25. The Bertz CT molecular complexity index is 180. The van der Waals surface area contributed by atoms with Crippen molar-refractivity contribution in [3.8, 4) is 0 Å². The van der Waals surface area contributed by atoms with Crippen LogP contribution in [0.3, 0.4) is 0 Å². The minimum atomic E-state index is -4.03. The minimum absolute atomic E-state index is 0.0122. The Kier molecular flexibility index (Phi) is 8.66. The van der Waals surface area contributed by atoms with Crippen LogP contribution in [0.4, 0.5) is 13.2 Å². The molecule has 0 aromatic heterocycles. The van der Waals surface area contributed by atoms with Crippen LogP contribution in [0.2, 0.25) is 0 Å². The zero-order chi connectivity index (χ0) is 13.3. The summed E-state index contributed by atoms with van der Waals surface area (Å²) in [5.74, 6) is 0.372. The molecule has 104 valence electrons. The molecule has 0 aliphatic heterocycles. The molecule has 0 radical (unpaired) electrons. The summed E-state index contributed by atoms with van der Waals surface area (Å²) in [5.41, 5.74) is 0. The molecule has 0 saturated heterocycles. The van der Waals surface area contributed by atoms with Gasteiger partial charge in [-0.3, -0.25) is 0 Å². The van der Waals surface area contributed by atoms with Gasteiger partial charge in [0.1, 0.15) is 0 Å². The van der Waals surface area contributed by atoms with E-state index >= 15 is 0 Å². The van der Waals surface area contributed by atoms with Crippen LogP contribution in [0.25, 0.3) is 0 Å². The number of hydrogen-bond donors (Lipinski definition) is 1. The Morgan fingerprint density at radius 1 is 1.06 bits per heavy atom. The van der Waals surface area contributed by atoms with E-state index in [1.54, 1.807) is 0 Å². The summed E-state index contributed by atoms with van der Waals surface area (Å²) in [6.45, 7) is 6.88. The topological polar surface area (TPSA) is 12.0 Å². The summed E-state index contributed by atoms with van der Waals surface area (Å²) in [6.07, 6.45) is -0.303. The quantitative estimate of drug-likeness (QED) is 0.637. The molecule has 0 aliphatic rings. The highest BCUT2D eigenvalue weighted by atomic mass is 19.4. The van der Waals surface area contributed by atoms with Crippen molar-refractivity contribution in [3.63, 3.8) is 0 Å². The van der Waals surface area contributed by atoms with E-state index in [-0.39, 0.29) is 12.5 Å².